The smallest absolute Gasteiger partial charge is 0.301 e. The first-order valence-electron chi connectivity index (χ1n) is 10.9. The maximum atomic E-state index is 13.4. The molecule has 4 aromatic rings. The van der Waals surface area contributed by atoms with Gasteiger partial charge >= 0.3 is 5.91 Å². The summed E-state index contributed by atoms with van der Waals surface area (Å²) in [5, 5.41) is 11.7. The number of hydrogen-bond donors (Lipinski definition) is 1. The topological polar surface area (TPSA) is 89.0 Å². The first kappa shape index (κ1) is 22.6. The number of rotatable bonds is 5. The molecule has 1 atom stereocenters. The van der Waals surface area contributed by atoms with Crippen LogP contribution in [-0.4, -0.2) is 36.0 Å². The third-order valence-corrected chi connectivity index (χ3v) is 6.98. The van der Waals surface area contributed by atoms with Gasteiger partial charge in [-0.15, -0.1) is 0 Å². The number of fused-ring (bicyclic) bond motifs is 1. The molecular formula is C27H22N2O5S. The number of hydrogen-bond acceptors (Lipinski definition) is 7. The molecule has 0 aliphatic carbocycles. The van der Waals surface area contributed by atoms with Gasteiger partial charge in [-0.05, 0) is 54.4 Å². The first-order valence-corrected chi connectivity index (χ1v) is 11.7. The Hall–Kier alpha value is -4.17. The molecule has 1 fully saturated rings. The van der Waals surface area contributed by atoms with Gasteiger partial charge in [-0.1, -0.05) is 41.7 Å². The van der Waals surface area contributed by atoms with Gasteiger partial charge in [-0.3, -0.25) is 14.5 Å². The highest BCUT2D eigenvalue weighted by Crippen LogP contribution is 2.44. The third kappa shape index (κ3) is 3.91. The number of carbonyl (C=O) groups is 2. The quantitative estimate of drug-likeness (QED) is 0.236. The van der Waals surface area contributed by atoms with Crippen molar-refractivity contribution in [2.24, 2.45) is 0 Å². The van der Waals surface area contributed by atoms with Gasteiger partial charge in [-0.2, -0.15) is 0 Å². The average Bonchev–Trinajstić information content (AvgIpc) is 3.41. The van der Waals surface area contributed by atoms with Crippen molar-refractivity contribution in [1.29, 1.82) is 0 Å². The minimum Gasteiger partial charge on any atom is -0.507 e. The number of aryl methyl sites for hydroxylation is 1. The summed E-state index contributed by atoms with van der Waals surface area (Å²) in [5.74, 6) is -0.644. The van der Waals surface area contributed by atoms with Gasteiger partial charge in [0.1, 0.15) is 17.3 Å². The number of anilines is 1. The Morgan fingerprint density at radius 3 is 2.43 bits per heavy atom. The van der Waals surface area contributed by atoms with Crippen LogP contribution in [0.1, 0.15) is 22.7 Å². The molecule has 1 aliphatic rings. The lowest BCUT2D eigenvalue weighted by molar-refractivity contribution is -0.132. The number of aromatic nitrogens is 1. The predicted molar refractivity (Wildman–Crippen MR) is 135 cm³/mol. The molecule has 1 amide bonds. The molecule has 35 heavy (non-hydrogen) atoms. The molecule has 1 saturated heterocycles. The summed E-state index contributed by atoms with van der Waals surface area (Å²) < 4.78 is 11.4. The van der Waals surface area contributed by atoms with Crippen LogP contribution in [0.15, 0.2) is 72.3 Å². The molecule has 1 aliphatic heterocycles. The number of ketones is 1. The number of ether oxygens (including phenoxy) is 2. The second-order valence-electron chi connectivity index (χ2n) is 8.14. The summed E-state index contributed by atoms with van der Waals surface area (Å²) in [7, 11) is 3.08. The van der Waals surface area contributed by atoms with Gasteiger partial charge in [0.25, 0.3) is 5.78 Å². The van der Waals surface area contributed by atoms with E-state index < -0.39 is 17.7 Å². The van der Waals surface area contributed by atoms with Crippen LogP contribution in [0, 0.1) is 6.92 Å². The van der Waals surface area contributed by atoms with Crippen LogP contribution in [-0.2, 0) is 9.59 Å². The van der Waals surface area contributed by atoms with Gasteiger partial charge in [0.15, 0.2) is 5.13 Å². The Labute approximate surface area is 205 Å². The summed E-state index contributed by atoms with van der Waals surface area (Å²) in [6.07, 6.45) is 0. The Bertz CT molecular complexity index is 1490. The summed E-state index contributed by atoms with van der Waals surface area (Å²) in [6, 6.07) is 18.7. The van der Waals surface area contributed by atoms with E-state index in [1.165, 1.54) is 23.3 Å². The molecular weight excluding hydrogens is 464 g/mol. The second-order valence-corrected chi connectivity index (χ2v) is 9.15. The number of Topliss-reactive ketones (excluding diaryl/α,β-unsaturated/α-hetero) is 1. The van der Waals surface area contributed by atoms with E-state index in [9.17, 15) is 14.7 Å². The lowest BCUT2D eigenvalue weighted by Gasteiger charge is -2.23. The highest BCUT2D eigenvalue weighted by atomic mass is 32.1. The molecule has 176 valence electrons. The Kier molecular flexibility index (Phi) is 5.74. The molecule has 5 rings (SSSR count). The van der Waals surface area contributed by atoms with E-state index in [1.807, 2.05) is 25.1 Å². The summed E-state index contributed by atoms with van der Waals surface area (Å²) in [5.41, 5.74) is 2.81. The monoisotopic (exact) mass is 486 g/mol. The fourth-order valence-electron chi connectivity index (χ4n) is 4.18. The van der Waals surface area contributed by atoms with E-state index in [4.69, 9.17) is 9.47 Å². The van der Waals surface area contributed by atoms with Gasteiger partial charge in [-0.25, -0.2) is 4.98 Å². The molecule has 8 heteroatoms. The fourth-order valence-corrected chi connectivity index (χ4v) is 5.27. The molecule has 0 unspecified atom stereocenters. The van der Waals surface area contributed by atoms with Gasteiger partial charge in [0.2, 0.25) is 0 Å². The Morgan fingerprint density at radius 2 is 1.71 bits per heavy atom. The second kappa shape index (κ2) is 8.88. The molecule has 1 aromatic heterocycles. The van der Waals surface area contributed by atoms with Crippen LogP contribution in [0.3, 0.4) is 0 Å². The zero-order valence-corrected chi connectivity index (χ0v) is 20.1. The van der Waals surface area contributed by atoms with E-state index in [0.717, 1.165) is 15.8 Å². The van der Waals surface area contributed by atoms with Gasteiger partial charge in [0.05, 0.1) is 36.1 Å². The fraction of sp³-hybridized carbons (Fsp3) is 0.148. The molecule has 2 heterocycles. The van der Waals surface area contributed by atoms with Crippen molar-refractivity contribution in [3.8, 4) is 11.5 Å². The van der Waals surface area contributed by atoms with E-state index in [-0.39, 0.29) is 11.3 Å². The molecule has 0 radical (unpaired) electrons. The zero-order chi connectivity index (χ0) is 24.7. The van der Waals surface area contributed by atoms with Crippen molar-refractivity contribution < 1.29 is 24.2 Å². The third-order valence-electron chi connectivity index (χ3n) is 5.96. The summed E-state index contributed by atoms with van der Waals surface area (Å²) in [6.45, 7) is 1.98. The zero-order valence-electron chi connectivity index (χ0n) is 19.3. The molecule has 0 saturated carbocycles. The van der Waals surface area contributed by atoms with E-state index in [2.05, 4.69) is 4.98 Å². The molecule has 1 N–H and O–H groups in total. The maximum absolute atomic E-state index is 13.4. The molecule has 7 nitrogen and oxygen atoms in total. The Morgan fingerprint density at radius 1 is 0.971 bits per heavy atom. The Balaban J connectivity index is 1.72. The standard InChI is InChI=1S/C27H22N2O5S/c1-15-7-12-20-21(13-15)35-27(28-20)29-23(16-8-10-18(33-2)11-9-16)22(25(31)26(29)32)24(30)17-5-4-6-19(14-17)34-3/h4-14,23,30H,1-3H3/t23-/m0/s1. The maximum Gasteiger partial charge on any atom is 0.301 e. The van der Waals surface area contributed by atoms with E-state index in [1.54, 1.807) is 55.6 Å². The van der Waals surface area contributed by atoms with E-state index >= 15 is 0 Å². The first-order chi connectivity index (χ1) is 16.9. The van der Waals surface area contributed by atoms with Crippen LogP contribution in [0.25, 0.3) is 16.0 Å². The summed E-state index contributed by atoms with van der Waals surface area (Å²) >= 11 is 1.33. The van der Waals surface area contributed by atoms with Crippen molar-refractivity contribution >= 4 is 44.1 Å². The van der Waals surface area contributed by atoms with Gasteiger partial charge < -0.3 is 14.6 Å². The molecule has 3 aromatic carbocycles. The average molecular weight is 487 g/mol. The predicted octanol–water partition coefficient (Wildman–Crippen LogP) is 5.25. The SMILES string of the molecule is COc1ccc([C@H]2C(=C(O)c3cccc(OC)c3)C(=O)C(=O)N2c2nc3ccc(C)cc3s2)cc1. The van der Waals surface area contributed by atoms with Crippen molar-refractivity contribution in [3.63, 3.8) is 0 Å². The lowest BCUT2D eigenvalue weighted by Crippen LogP contribution is -2.29. The van der Waals surface area contributed by atoms with Crippen LogP contribution < -0.4 is 14.4 Å². The highest BCUT2D eigenvalue weighted by molar-refractivity contribution is 7.22. The number of thiazole rings is 1. The van der Waals surface area contributed by atoms with Crippen LogP contribution in [0.2, 0.25) is 0 Å². The van der Waals surface area contributed by atoms with Crippen molar-refractivity contribution in [1.82, 2.24) is 4.98 Å². The minimum absolute atomic E-state index is 0.0103. The number of aliphatic hydroxyl groups excluding tert-OH is 1. The van der Waals surface area contributed by atoms with Crippen LogP contribution in [0.5, 0.6) is 11.5 Å². The normalized spacial score (nSPS) is 17.2. The van der Waals surface area contributed by atoms with Crippen molar-refractivity contribution in [2.45, 2.75) is 13.0 Å². The minimum atomic E-state index is -0.867. The lowest BCUT2D eigenvalue weighted by atomic mass is 9.95. The highest BCUT2D eigenvalue weighted by Gasteiger charge is 2.48. The number of benzene rings is 3. The number of nitrogens with zero attached hydrogens (tertiary/aromatic N) is 2. The largest absolute Gasteiger partial charge is 0.507 e. The van der Waals surface area contributed by atoms with Crippen molar-refractivity contribution in [3.05, 3.63) is 89.0 Å². The summed E-state index contributed by atoms with van der Waals surface area (Å²) in [4.78, 5) is 32.7. The van der Waals surface area contributed by atoms with Crippen LogP contribution in [0.4, 0.5) is 5.13 Å². The van der Waals surface area contributed by atoms with Gasteiger partial charge in [0, 0.05) is 5.56 Å². The molecule has 0 bridgehead atoms. The molecule has 0 spiro atoms. The number of methoxy groups -OCH3 is 2. The van der Waals surface area contributed by atoms with E-state index in [0.29, 0.717) is 27.8 Å². The number of amides is 1. The van der Waals surface area contributed by atoms with Crippen LogP contribution >= 0.6 is 11.3 Å². The number of aliphatic hydroxyl groups is 1. The number of carbonyl (C=O) groups excluding carboxylic acids is 2. The van der Waals surface area contributed by atoms with Crippen molar-refractivity contribution in [2.75, 3.05) is 19.1 Å².